The van der Waals surface area contributed by atoms with Crippen LogP contribution in [0.1, 0.15) is 19.4 Å². The average Bonchev–Trinajstić information content (AvgIpc) is 2.29. The highest BCUT2D eigenvalue weighted by Crippen LogP contribution is 2.10. The zero-order valence-electron chi connectivity index (χ0n) is 9.58. The molecular weight excluding hydrogens is 222 g/mol. The molecule has 1 N–H and O–H groups in total. The average molecular weight is 235 g/mol. The van der Waals surface area contributed by atoms with Crippen molar-refractivity contribution in [3.63, 3.8) is 0 Å². The first-order valence-electron chi connectivity index (χ1n) is 5.08. The van der Waals surface area contributed by atoms with Crippen LogP contribution in [0.5, 0.6) is 0 Å². The van der Waals surface area contributed by atoms with Crippen LogP contribution in [-0.2, 0) is 4.79 Å². The Hall–Kier alpha value is -2.24. The molecule has 1 rings (SSSR count). The molecule has 0 fully saturated rings. The maximum absolute atomic E-state index is 11.2. The van der Waals surface area contributed by atoms with Gasteiger partial charge in [-0.05, 0) is 17.7 Å². The SMILES string of the molecule is CC(C)C(=O)N/N=C/c1ccc([N+](=O)[O-])cc1. The lowest BCUT2D eigenvalue weighted by molar-refractivity contribution is -0.384. The van der Waals surface area contributed by atoms with Crippen LogP contribution in [0.2, 0.25) is 0 Å². The van der Waals surface area contributed by atoms with Gasteiger partial charge in [-0.15, -0.1) is 0 Å². The number of nitro groups is 1. The molecule has 0 spiro atoms. The first kappa shape index (κ1) is 12.8. The monoisotopic (exact) mass is 235 g/mol. The van der Waals surface area contributed by atoms with Gasteiger partial charge in [0.1, 0.15) is 0 Å². The maximum atomic E-state index is 11.2. The number of nitrogens with one attached hydrogen (secondary N) is 1. The predicted molar refractivity (Wildman–Crippen MR) is 63.7 cm³/mol. The van der Waals surface area contributed by atoms with E-state index < -0.39 is 4.92 Å². The fraction of sp³-hybridized carbons (Fsp3) is 0.273. The summed E-state index contributed by atoms with van der Waals surface area (Å²) < 4.78 is 0. The molecule has 6 nitrogen and oxygen atoms in total. The smallest absolute Gasteiger partial charge is 0.269 e. The van der Waals surface area contributed by atoms with E-state index >= 15 is 0 Å². The highest BCUT2D eigenvalue weighted by molar-refractivity contribution is 5.83. The zero-order chi connectivity index (χ0) is 12.8. The fourth-order valence-corrected chi connectivity index (χ4v) is 0.982. The minimum Gasteiger partial charge on any atom is -0.273 e. The number of hydrazone groups is 1. The van der Waals surface area contributed by atoms with Crippen LogP contribution in [-0.4, -0.2) is 17.0 Å². The number of amides is 1. The first-order chi connectivity index (χ1) is 8.00. The van der Waals surface area contributed by atoms with Gasteiger partial charge in [0.2, 0.25) is 5.91 Å². The zero-order valence-corrected chi connectivity index (χ0v) is 9.58. The van der Waals surface area contributed by atoms with Crippen LogP contribution >= 0.6 is 0 Å². The van der Waals surface area contributed by atoms with Gasteiger partial charge in [-0.1, -0.05) is 13.8 Å². The van der Waals surface area contributed by atoms with E-state index in [0.717, 1.165) is 0 Å². The van der Waals surface area contributed by atoms with Gasteiger partial charge in [0.15, 0.2) is 0 Å². The predicted octanol–water partition coefficient (Wildman–Crippen LogP) is 1.70. The summed E-state index contributed by atoms with van der Waals surface area (Å²) in [5, 5.41) is 14.1. The molecule has 0 bridgehead atoms. The molecule has 0 unspecified atom stereocenters. The van der Waals surface area contributed by atoms with Crippen molar-refractivity contribution in [2.24, 2.45) is 11.0 Å². The standard InChI is InChI=1S/C11H13N3O3/c1-8(2)11(15)13-12-7-9-3-5-10(6-4-9)14(16)17/h3-8H,1-2H3,(H,13,15)/b12-7+. The number of nitrogens with zero attached hydrogens (tertiary/aromatic N) is 2. The quantitative estimate of drug-likeness (QED) is 0.489. The molecule has 0 saturated carbocycles. The number of nitro benzene ring substituents is 1. The lowest BCUT2D eigenvalue weighted by Crippen LogP contribution is -2.22. The number of non-ortho nitro benzene ring substituents is 1. The van der Waals surface area contributed by atoms with Crippen LogP contribution in [0.3, 0.4) is 0 Å². The van der Waals surface area contributed by atoms with E-state index in [2.05, 4.69) is 10.5 Å². The third-order valence-corrected chi connectivity index (χ3v) is 2.02. The van der Waals surface area contributed by atoms with E-state index in [0.29, 0.717) is 5.56 Å². The molecular formula is C11H13N3O3. The summed E-state index contributed by atoms with van der Waals surface area (Å²) in [5.74, 6) is -0.313. The normalized spacial score (nSPS) is 10.8. The minimum absolute atomic E-state index is 0.0216. The molecule has 0 aliphatic rings. The first-order valence-corrected chi connectivity index (χ1v) is 5.08. The molecule has 6 heteroatoms. The van der Waals surface area contributed by atoms with Gasteiger partial charge >= 0.3 is 0 Å². The van der Waals surface area contributed by atoms with Gasteiger partial charge in [-0.25, -0.2) is 5.43 Å². The summed E-state index contributed by atoms with van der Waals surface area (Å²) in [6.45, 7) is 3.52. The van der Waals surface area contributed by atoms with Crippen molar-refractivity contribution in [3.8, 4) is 0 Å². The molecule has 0 radical (unpaired) electrons. The van der Waals surface area contributed by atoms with Crippen molar-refractivity contribution < 1.29 is 9.72 Å². The van der Waals surface area contributed by atoms with E-state index in [9.17, 15) is 14.9 Å². The number of hydrogen-bond donors (Lipinski definition) is 1. The number of hydrogen-bond acceptors (Lipinski definition) is 4. The molecule has 1 amide bonds. The van der Waals surface area contributed by atoms with Crippen LogP contribution in [0.15, 0.2) is 29.4 Å². The van der Waals surface area contributed by atoms with Crippen LogP contribution in [0.25, 0.3) is 0 Å². The maximum Gasteiger partial charge on any atom is 0.269 e. The minimum atomic E-state index is -0.471. The van der Waals surface area contributed by atoms with Crippen molar-refractivity contribution in [1.29, 1.82) is 0 Å². The second-order valence-electron chi connectivity index (χ2n) is 3.74. The molecule has 1 aromatic carbocycles. The summed E-state index contributed by atoms with van der Waals surface area (Å²) in [4.78, 5) is 21.1. The van der Waals surface area contributed by atoms with Crippen LogP contribution in [0, 0.1) is 16.0 Å². The van der Waals surface area contributed by atoms with Crippen LogP contribution < -0.4 is 5.43 Å². The van der Waals surface area contributed by atoms with Gasteiger partial charge in [-0.3, -0.25) is 14.9 Å². The Morgan fingerprint density at radius 1 is 1.41 bits per heavy atom. The molecule has 0 saturated heterocycles. The summed E-state index contributed by atoms with van der Waals surface area (Å²) in [6.07, 6.45) is 1.43. The van der Waals surface area contributed by atoms with E-state index in [1.807, 2.05) is 0 Å². The highest BCUT2D eigenvalue weighted by atomic mass is 16.6. The van der Waals surface area contributed by atoms with E-state index in [1.54, 1.807) is 26.0 Å². The Balaban J connectivity index is 2.60. The summed E-state index contributed by atoms with van der Waals surface area (Å²) in [6, 6.07) is 5.88. The van der Waals surface area contributed by atoms with Gasteiger partial charge in [0.25, 0.3) is 5.69 Å². The molecule has 0 aliphatic carbocycles. The number of benzene rings is 1. The Bertz CT molecular complexity index is 438. The third-order valence-electron chi connectivity index (χ3n) is 2.02. The van der Waals surface area contributed by atoms with Crippen LogP contribution in [0.4, 0.5) is 5.69 Å². The number of carbonyl (C=O) groups excluding carboxylic acids is 1. The number of carbonyl (C=O) groups is 1. The van der Waals surface area contributed by atoms with Gasteiger partial charge in [-0.2, -0.15) is 5.10 Å². The molecule has 90 valence electrons. The van der Waals surface area contributed by atoms with Crippen molar-refractivity contribution in [2.45, 2.75) is 13.8 Å². The second kappa shape index (κ2) is 5.74. The van der Waals surface area contributed by atoms with Crippen molar-refractivity contribution in [2.75, 3.05) is 0 Å². The Labute approximate surface area is 98.5 Å². The molecule has 1 aromatic rings. The molecule has 17 heavy (non-hydrogen) atoms. The highest BCUT2D eigenvalue weighted by Gasteiger charge is 2.04. The molecule has 0 aromatic heterocycles. The second-order valence-corrected chi connectivity index (χ2v) is 3.74. The third kappa shape index (κ3) is 4.02. The topological polar surface area (TPSA) is 84.6 Å². The Morgan fingerprint density at radius 2 is 2.00 bits per heavy atom. The molecule has 0 atom stereocenters. The lowest BCUT2D eigenvalue weighted by Gasteiger charge is -2.01. The van der Waals surface area contributed by atoms with E-state index in [1.165, 1.54) is 18.3 Å². The fourth-order valence-electron chi connectivity index (χ4n) is 0.982. The summed E-state index contributed by atoms with van der Waals surface area (Å²) in [7, 11) is 0. The van der Waals surface area contributed by atoms with Gasteiger partial charge in [0.05, 0.1) is 11.1 Å². The van der Waals surface area contributed by atoms with E-state index in [4.69, 9.17) is 0 Å². The van der Waals surface area contributed by atoms with Crippen molar-refractivity contribution in [3.05, 3.63) is 39.9 Å². The molecule has 0 heterocycles. The lowest BCUT2D eigenvalue weighted by atomic mass is 10.2. The van der Waals surface area contributed by atoms with E-state index in [-0.39, 0.29) is 17.5 Å². The van der Waals surface area contributed by atoms with Gasteiger partial charge < -0.3 is 0 Å². The summed E-state index contributed by atoms with van der Waals surface area (Å²) in [5.41, 5.74) is 3.07. The van der Waals surface area contributed by atoms with Gasteiger partial charge in [0, 0.05) is 18.1 Å². The van der Waals surface area contributed by atoms with Crippen molar-refractivity contribution in [1.82, 2.24) is 5.43 Å². The largest absolute Gasteiger partial charge is 0.273 e. The molecule has 0 aliphatic heterocycles. The summed E-state index contributed by atoms with van der Waals surface area (Å²) >= 11 is 0. The number of rotatable bonds is 4. The van der Waals surface area contributed by atoms with Crippen molar-refractivity contribution >= 4 is 17.8 Å². The Kier molecular flexibility index (Phi) is 4.33. The Morgan fingerprint density at radius 3 is 2.47 bits per heavy atom.